The van der Waals surface area contributed by atoms with Crippen molar-refractivity contribution >= 4 is 22.8 Å². The topological polar surface area (TPSA) is 85.3 Å². The summed E-state index contributed by atoms with van der Waals surface area (Å²) >= 11 is 0. The first kappa shape index (κ1) is 15.1. The van der Waals surface area contributed by atoms with Crippen LogP contribution in [-0.2, 0) is 4.79 Å². The van der Waals surface area contributed by atoms with Gasteiger partial charge in [-0.3, -0.25) is 9.59 Å². The third kappa shape index (κ3) is 3.24. The van der Waals surface area contributed by atoms with Crippen LogP contribution in [0.15, 0.2) is 28.7 Å². The maximum atomic E-state index is 12.3. The number of aryl methyl sites for hydroxylation is 1. The fraction of sp³-hybridized carbons (Fsp3) is 0.375. The fourth-order valence-corrected chi connectivity index (χ4v) is 2.33. The van der Waals surface area contributed by atoms with Crippen molar-refractivity contribution in [2.45, 2.75) is 33.2 Å². The standard InChI is InChI=1S/C16H20N2O3/c1-9(2)8-12(15(17)19)18-16(20)14-10(3)11-6-4-5-7-13(11)21-14/h4-7,9,12H,8H2,1-3H3,(H2,17,19)(H,18,20)/t12-/m0/s1. The highest BCUT2D eigenvalue weighted by atomic mass is 16.3. The largest absolute Gasteiger partial charge is 0.451 e. The van der Waals surface area contributed by atoms with Gasteiger partial charge >= 0.3 is 0 Å². The first-order chi connectivity index (χ1) is 9.90. The van der Waals surface area contributed by atoms with Gasteiger partial charge in [0.2, 0.25) is 5.91 Å². The van der Waals surface area contributed by atoms with E-state index in [0.717, 1.165) is 10.9 Å². The van der Waals surface area contributed by atoms with Gasteiger partial charge in [-0.25, -0.2) is 0 Å². The number of carbonyl (C=O) groups excluding carboxylic acids is 2. The van der Waals surface area contributed by atoms with Gasteiger partial charge in [0.25, 0.3) is 5.91 Å². The van der Waals surface area contributed by atoms with Gasteiger partial charge in [0.05, 0.1) is 0 Å². The third-order valence-corrected chi connectivity index (χ3v) is 3.41. The summed E-state index contributed by atoms with van der Waals surface area (Å²) in [6, 6.07) is 6.74. The molecule has 3 N–H and O–H groups in total. The Morgan fingerprint density at radius 3 is 2.52 bits per heavy atom. The van der Waals surface area contributed by atoms with E-state index in [1.807, 2.05) is 39.0 Å². The minimum absolute atomic E-state index is 0.228. The van der Waals surface area contributed by atoms with Crippen molar-refractivity contribution in [3.05, 3.63) is 35.6 Å². The quantitative estimate of drug-likeness (QED) is 0.885. The second kappa shape index (κ2) is 5.99. The molecule has 0 bridgehead atoms. The Bertz CT molecular complexity index is 673. The number of amides is 2. The molecule has 0 unspecified atom stereocenters. The van der Waals surface area contributed by atoms with Crippen LogP contribution in [0.2, 0.25) is 0 Å². The van der Waals surface area contributed by atoms with E-state index in [1.165, 1.54) is 0 Å². The van der Waals surface area contributed by atoms with Crippen molar-refractivity contribution in [2.75, 3.05) is 0 Å². The third-order valence-electron chi connectivity index (χ3n) is 3.41. The predicted octanol–water partition coefficient (Wildman–Crippen LogP) is 2.37. The summed E-state index contributed by atoms with van der Waals surface area (Å²) in [5.74, 6) is -0.468. The van der Waals surface area contributed by atoms with Crippen LogP contribution in [0, 0.1) is 12.8 Å². The molecule has 2 aromatic rings. The number of benzene rings is 1. The van der Waals surface area contributed by atoms with Crippen LogP contribution in [0.1, 0.15) is 36.4 Å². The van der Waals surface area contributed by atoms with E-state index < -0.39 is 17.9 Å². The van der Waals surface area contributed by atoms with E-state index in [0.29, 0.717) is 12.0 Å². The molecule has 0 spiro atoms. The van der Waals surface area contributed by atoms with E-state index in [-0.39, 0.29) is 11.7 Å². The number of primary amides is 1. The average molecular weight is 288 g/mol. The summed E-state index contributed by atoms with van der Waals surface area (Å²) < 4.78 is 5.58. The molecule has 0 aliphatic rings. The molecule has 1 aromatic heterocycles. The second-order valence-corrected chi connectivity index (χ2v) is 5.61. The summed E-state index contributed by atoms with van der Waals surface area (Å²) in [6.07, 6.45) is 0.500. The lowest BCUT2D eigenvalue weighted by atomic mass is 10.0. The van der Waals surface area contributed by atoms with Gasteiger partial charge in [0.15, 0.2) is 5.76 Å². The van der Waals surface area contributed by atoms with Crippen molar-refractivity contribution in [1.82, 2.24) is 5.32 Å². The van der Waals surface area contributed by atoms with Gasteiger partial charge in [0, 0.05) is 10.9 Å². The maximum Gasteiger partial charge on any atom is 0.287 e. The van der Waals surface area contributed by atoms with Crippen LogP contribution in [0.3, 0.4) is 0 Å². The molecule has 1 aromatic carbocycles. The number of carbonyl (C=O) groups is 2. The molecule has 112 valence electrons. The summed E-state index contributed by atoms with van der Waals surface area (Å²) in [4.78, 5) is 23.8. The number of para-hydroxylation sites is 1. The number of rotatable bonds is 5. The molecule has 21 heavy (non-hydrogen) atoms. The van der Waals surface area contributed by atoms with E-state index >= 15 is 0 Å². The SMILES string of the molecule is Cc1c(C(=O)N[C@@H](CC(C)C)C(N)=O)oc2ccccc12. The van der Waals surface area contributed by atoms with Crippen molar-refractivity contribution in [1.29, 1.82) is 0 Å². The highest BCUT2D eigenvalue weighted by molar-refractivity contribution is 6.00. The second-order valence-electron chi connectivity index (χ2n) is 5.61. The van der Waals surface area contributed by atoms with Crippen molar-refractivity contribution < 1.29 is 14.0 Å². The van der Waals surface area contributed by atoms with Crippen molar-refractivity contribution in [3.8, 4) is 0 Å². The lowest BCUT2D eigenvalue weighted by Gasteiger charge is -2.16. The van der Waals surface area contributed by atoms with Gasteiger partial charge in [-0.2, -0.15) is 0 Å². The van der Waals surface area contributed by atoms with Gasteiger partial charge in [-0.15, -0.1) is 0 Å². The minimum Gasteiger partial charge on any atom is -0.451 e. The van der Waals surface area contributed by atoms with E-state index in [2.05, 4.69) is 5.32 Å². The van der Waals surface area contributed by atoms with Gasteiger partial charge < -0.3 is 15.5 Å². The maximum absolute atomic E-state index is 12.3. The van der Waals surface area contributed by atoms with Crippen LogP contribution >= 0.6 is 0 Å². The van der Waals surface area contributed by atoms with Crippen LogP contribution in [0.25, 0.3) is 11.0 Å². The van der Waals surface area contributed by atoms with Gasteiger partial charge in [-0.1, -0.05) is 32.0 Å². The van der Waals surface area contributed by atoms with Crippen molar-refractivity contribution in [2.24, 2.45) is 11.7 Å². The molecule has 1 heterocycles. The molecular formula is C16H20N2O3. The molecule has 0 saturated carbocycles. The molecule has 2 rings (SSSR count). The molecule has 0 radical (unpaired) electrons. The Morgan fingerprint density at radius 1 is 1.29 bits per heavy atom. The highest BCUT2D eigenvalue weighted by Crippen LogP contribution is 2.24. The zero-order chi connectivity index (χ0) is 15.6. The fourth-order valence-electron chi connectivity index (χ4n) is 2.33. The lowest BCUT2D eigenvalue weighted by molar-refractivity contribution is -0.120. The predicted molar refractivity (Wildman–Crippen MR) is 80.9 cm³/mol. The van der Waals surface area contributed by atoms with Gasteiger partial charge in [0.1, 0.15) is 11.6 Å². The first-order valence-electron chi connectivity index (χ1n) is 6.98. The molecular weight excluding hydrogens is 268 g/mol. The molecule has 2 amide bonds. The summed E-state index contributed by atoms with van der Waals surface area (Å²) in [5.41, 5.74) is 6.75. The Hall–Kier alpha value is -2.30. The molecule has 0 fully saturated rings. The number of nitrogens with one attached hydrogen (secondary N) is 1. The Balaban J connectivity index is 2.25. The van der Waals surface area contributed by atoms with E-state index in [1.54, 1.807) is 6.07 Å². The van der Waals surface area contributed by atoms with Crippen LogP contribution in [0.5, 0.6) is 0 Å². The van der Waals surface area contributed by atoms with Crippen LogP contribution in [0.4, 0.5) is 0 Å². The number of furan rings is 1. The summed E-state index contributed by atoms with van der Waals surface area (Å²) in [7, 11) is 0. The molecule has 0 aliphatic carbocycles. The zero-order valence-electron chi connectivity index (χ0n) is 12.5. The van der Waals surface area contributed by atoms with Gasteiger partial charge in [-0.05, 0) is 25.3 Å². The number of hydrogen-bond acceptors (Lipinski definition) is 3. The molecule has 0 aliphatic heterocycles. The minimum atomic E-state index is -0.690. The van der Waals surface area contributed by atoms with E-state index in [4.69, 9.17) is 10.2 Å². The highest BCUT2D eigenvalue weighted by Gasteiger charge is 2.23. The number of hydrogen-bond donors (Lipinski definition) is 2. The summed E-state index contributed by atoms with van der Waals surface area (Å²) in [5, 5.41) is 3.55. The van der Waals surface area contributed by atoms with Crippen molar-refractivity contribution in [3.63, 3.8) is 0 Å². The number of nitrogens with two attached hydrogens (primary N) is 1. The summed E-state index contributed by atoms with van der Waals surface area (Å²) in [6.45, 7) is 5.76. The number of fused-ring (bicyclic) bond motifs is 1. The Kier molecular flexibility index (Phi) is 4.31. The zero-order valence-corrected chi connectivity index (χ0v) is 12.5. The Labute approximate surface area is 123 Å². The molecule has 5 heteroatoms. The molecule has 0 saturated heterocycles. The molecule has 5 nitrogen and oxygen atoms in total. The van der Waals surface area contributed by atoms with Crippen LogP contribution < -0.4 is 11.1 Å². The van der Waals surface area contributed by atoms with Crippen LogP contribution in [-0.4, -0.2) is 17.9 Å². The normalized spacial score (nSPS) is 12.6. The Morgan fingerprint density at radius 2 is 1.95 bits per heavy atom. The monoisotopic (exact) mass is 288 g/mol. The lowest BCUT2D eigenvalue weighted by Crippen LogP contribution is -2.45. The average Bonchev–Trinajstić information content (AvgIpc) is 2.75. The van der Waals surface area contributed by atoms with E-state index in [9.17, 15) is 9.59 Å². The molecule has 1 atom stereocenters. The smallest absolute Gasteiger partial charge is 0.287 e. The first-order valence-corrected chi connectivity index (χ1v) is 6.98.